The van der Waals surface area contributed by atoms with Gasteiger partial charge in [0.15, 0.2) is 0 Å². The quantitative estimate of drug-likeness (QED) is 0.778. The Kier molecular flexibility index (Phi) is 3.30. The molecule has 0 aliphatic heterocycles. The molecule has 3 rings (SSSR count). The van der Waals surface area contributed by atoms with E-state index < -0.39 is 5.97 Å². The fourth-order valence-electron chi connectivity index (χ4n) is 1.78. The fraction of sp³-hybridized carbons (Fsp3) is 0. The number of rotatable bonds is 3. The maximum Gasteiger partial charge on any atom is 0.335 e. The van der Waals surface area contributed by atoms with Gasteiger partial charge in [-0.1, -0.05) is 0 Å². The maximum absolute atomic E-state index is 11.3. The number of carboxylic acids is 1. The van der Waals surface area contributed by atoms with Crippen LogP contribution in [0.3, 0.4) is 0 Å². The van der Waals surface area contributed by atoms with Gasteiger partial charge in [-0.25, -0.2) is 9.78 Å². The van der Waals surface area contributed by atoms with Gasteiger partial charge in [0, 0.05) is 24.8 Å². The van der Waals surface area contributed by atoms with Crippen molar-refractivity contribution in [1.29, 1.82) is 0 Å². The lowest BCUT2D eigenvalue weighted by Gasteiger charge is -2.05. The van der Waals surface area contributed by atoms with Crippen LogP contribution in [0, 0.1) is 0 Å². The zero-order chi connectivity index (χ0) is 14.7. The number of aromatic carboxylic acids is 1. The fourth-order valence-corrected chi connectivity index (χ4v) is 1.78. The van der Waals surface area contributed by atoms with Gasteiger partial charge in [-0.2, -0.15) is 0 Å². The molecule has 1 N–H and O–H groups in total. The van der Waals surface area contributed by atoms with Gasteiger partial charge >= 0.3 is 5.97 Å². The predicted octanol–water partition coefficient (Wildman–Crippen LogP) is 1.69. The highest BCUT2D eigenvalue weighted by Gasteiger charge is 2.12. The van der Waals surface area contributed by atoms with Gasteiger partial charge in [-0.3, -0.25) is 19.9 Å². The summed E-state index contributed by atoms with van der Waals surface area (Å²) >= 11 is 0. The van der Waals surface area contributed by atoms with E-state index in [2.05, 4.69) is 24.9 Å². The molecule has 0 radical (unpaired) electrons. The van der Waals surface area contributed by atoms with Crippen molar-refractivity contribution in [1.82, 2.24) is 24.9 Å². The summed E-state index contributed by atoms with van der Waals surface area (Å²) in [5.74, 6) is -1.05. The molecule has 7 nitrogen and oxygen atoms in total. The first-order valence-electron chi connectivity index (χ1n) is 6.02. The Morgan fingerprint density at radius 2 is 1.33 bits per heavy atom. The van der Waals surface area contributed by atoms with Gasteiger partial charge in [0.25, 0.3) is 0 Å². The third-order valence-electron chi connectivity index (χ3n) is 2.72. The van der Waals surface area contributed by atoms with E-state index in [0.717, 1.165) is 0 Å². The van der Waals surface area contributed by atoms with Crippen molar-refractivity contribution in [2.45, 2.75) is 0 Å². The molecule has 0 aliphatic carbocycles. The standard InChI is InChI=1S/C14H9N5O2/c20-14(21)9-5-10(12-7-15-1-3-17-12)19-11(6-9)13-8-16-2-4-18-13/h1-8H,(H,20,21). The molecule has 0 aromatic carbocycles. The Labute approximate surface area is 119 Å². The normalized spacial score (nSPS) is 10.3. The van der Waals surface area contributed by atoms with Crippen LogP contribution in [-0.4, -0.2) is 36.0 Å². The molecule has 0 bridgehead atoms. The molecule has 0 unspecified atom stereocenters. The molecular weight excluding hydrogens is 270 g/mol. The summed E-state index contributed by atoms with van der Waals surface area (Å²) in [6.45, 7) is 0. The van der Waals surface area contributed by atoms with Crippen molar-refractivity contribution in [3.05, 3.63) is 54.9 Å². The van der Waals surface area contributed by atoms with E-state index in [4.69, 9.17) is 0 Å². The number of nitrogens with zero attached hydrogens (tertiary/aromatic N) is 5. The molecular formula is C14H9N5O2. The molecule has 102 valence electrons. The van der Waals surface area contributed by atoms with Crippen LogP contribution in [0.5, 0.6) is 0 Å². The van der Waals surface area contributed by atoms with Crippen LogP contribution in [0.25, 0.3) is 22.8 Å². The summed E-state index contributed by atoms with van der Waals surface area (Å²) in [6, 6.07) is 2.90. The number of hydrogen-bond donors (Lipinski definition) is 1. The molecule has 0 amide bonds. The Hall–Kier alpha value is -3.22. The summed E-state index contributed by atoms with van der Waals surface area (Å²) in [5.41, 5.74) is 1.93. The predicted molar refractivity (Wildman–Crippen MR) is 73.2 cm³/mol. The lowest BCUT2D eigenvalue weighted by atomic mass is 10.1. The van der Waals surface area contributed by atoms with E-state index >= 15 is 0 Å². The number of hydrogen-bond acceptors (Lipinski definition) is 6. The molecule has 0 aliphatic rings. The molecule has 3 aromatic rings. The summed E-state index contributed by atoms with van der Waals surface area (Å²) in [5, 5.41) is 9.23. The Morgan fingerprint density at radius 1 is 0.810 bits per heavy atom. The van der Waals surface area contributed by atoms with Crippen LogP contribution in [-0.2, 0) is 0 Å². The third kappa shape index (κ3) is 2.71. The minimum Gasteiger partial charge on any atom is -0.478 e. The molecule has 0 fully saturated rings. The molecule has 7 heteroatoms. The van der Waals surface area contributed by atoms with Crippen LogP contribution >= 0.6 is 0 Å². The lowest BCUT2D eigenvalue weighted by molar-refractivity contribution is 0.0697. The van der Waals surface area contributed by atoms with Crippen LogP contribution in [0.4, 0.5) is 0 Å². The Bertz CT molecular complexity index is 720. The number of pyridine rings is 1. The summed E-state index contributed by atoms with van der Waals surface area (Å²) in [6.07, 6.45) is 9.16. The molecule has 0 saturated carbocycles. The molecule has 0 atom stereocenters. The Balaban J connectivity index is 2.18. The highest BCUT2D eigenvalue weighted by molar-refractivity contribution is 5.90. The topological polar surface area (TPSA) is 102 Å². The van der Waals surface area contributed by atoms with Crippen molar-refractivity contribution in [2.75, 3.05) is 0 Å². The average Bonchev–Trinajstić information content (AvgIpc) is 2.56. The van der Waals surface area contributed by atoms with Crippen LogP contribution in [0.1, 0.15) is 10.4 Å². The van der Waals surface area contributed by atoms with Crippen molar-refractivity contribution < 1.29 is 9.90 Å². The lowest BCUT2D eigenvalue weighted by Crippen LogP contribution is -2.01. The van der Waals surface area contributed by atoms with E-state index in [0.29, 0.717) is 22.8 Å². The SMILES string of the molecule is O=C(O)c1cc(-c2cnccn2)nc(-c2cnccn2)c1. The van der Waals surface area contributed by atoms with Crippen LogP contribution in [0.2, 0.25) is 0 Å². The molecule has 21 heavy (non-hydrogen) atoms. The summed E-state index contributed by atoms with van der Waals surface area (Å²) in [4.78, 5) is 31.8. The number of carbonyl (C=O) groups is 1. The minimum absolute atomic E-state index is 0.103. The van der Waals surface area contributed by atoms with Gasteiger partial charge in [-0.15, -0.1) is 0 Å². The van der Waals surface area contributed by atoms with E-state index in [9.17, 15) is 9.90 Å². The second-order valence-corrected chi connectivity index (χ2v) is 4.11. The highest BCUT2D eigenvalue weighted by atomic mass is 16.4. The van der Waals surface area contributed by atoms with E-state index in [1.165, 1.54) is 49.3 Å². The minimum atomic E-state index is -1.05. The maximum atomic E-state index is 11.3. The van der Waals surface area contributed by atoms with E-state index in [-0.39, 0.29) is 5.56 Å². The van der Waals surface area contributed by atoms with E-state index in [1.54, 1.807) is 0 Å². The molecule has 3 aromatic heterocycles. The second kappa shape index (κ2) is 5.41. The zero-order valence-electron chi connectivity index (χ0n) is 10.7. The average molecular weight is 279 g/mol. The zero-order valence-corrected chi connectivity index (χ0v) is 10.7. The third-order valence-corrected chi connectivity index (χ3v) is 2.72. The van der Waals surface area contributed by atoms with Crippen molar-refractivity contribution in [2.24, 2.45) is 0 Å². The van der Waals surface area contributed by atoms with Crippen molar-refractivity contribution in [3.63, 3.8) is 0 Å². The first-order chi connectivity index (χ1) is 10.2. The van der Waals surface area contributed by atoms with Gasteiger partial charge in [0.1, 0.15) is 11.4 Å². The van der Waals surface area contributed by atoms with Gasteiger partial charge in [0.2, 0.25) is 0 Å². The van der Waals surface area contributed by atoms with Gasteiger partial charge < -0.3 is 5.11 Å². The smallest absolute Gasteiger partial charge is 0.335 e. The van der Waals surface area contributed by atoms with Gasteiger partial charge in [0.05, 0.1) is 29.3 Å². The first kappa shape index (κ1) is 12.8. The highest BCUT2D eigenvalue weighted by Crippen LogP contribution is 2.21. The second-order valence-electron chi connectivity index (χ2n) is 4.11. The summed E-state index contributed by atoms with van der Waals surface area (Å²) < 4.78 is 0. The molecule has 3 heterocycles. The Morgan fingerprint density at radius 3 is 1.71 bits per heavy atom. The monoisotopic (exact) mass is 279 g/mol. The van der Waals surface area contributed by atoms with Crippen molar-refractivity contribution in [3.8, 4) is 22.8 Å². The summed E-state index contributed by atoms with van der Waals surface area (Å²) in [7, 11) is 0. The van der Waals surface area contributed by atoms with Crippen molar-refractivity contribution >= 4 is 5.97 Å². The molecule has 0 spiro atoms. The number of carboxylic acid groups (broad SMARTS) is 1. The van der Waals surface area contributed by atoms with E-state index in [1.807, 2.05) is 0 Å². The van der Waals surface area contributed by atoms with Crippen LogP contribution < -0.4 is 0 Å². The number of aromatic nitrogens is 5. The first-order valence-corrected chi connectivity index (χ1v) is 6.02. The van der Waals surface area contributed by atoms with Gasteiger partial charge in [-0.05, 0) is 12.1 Å². The molecule has 0 saturated heterocycles. The van der Waals surface area contributed by atoms with Crippen LogP contribution in [0.15, 0.2) is 49.3 Å². The largest absolute Gasteiger partial charge is 0.478 e.